The number of anilines is 1. The minimum absolute atomic E-state index is 0.0164. The van der Waals surface area contributed by atoms with Crippen LogP contribution < -0.4 is 20.3 Å². The Kier molecular flexibility index (Phi) is 7.26. The van der Waals surface area contributed by atoms with Gasteiger partial charge in [-0.2, -0.15) is 10.2 Å². The lowest BCUT2D eigenvalue weighted by Crippen LogP contribution is -2.17. The van der Waals surface area contributed by atoms with Crippen LogP contribution in [0.4, 0.5) is 5.69 Å². The van der Waals surface area contributed by atoms with E-state index in [1.165, 1.54) is 32.6 Å². The van der Waals surface area contributed by atoms with Crippen LogP contribution in [0.1, 0.15) is 21.5 Å². The first-order chi connectivity index (χ1) is 15.5. The average Bonchev–Trinajstić information content (AvgIpc) is 2.80. The van der Waals surface area contributed by atoms with E-state index >= 15 is 0 Å². The van der Waals surface area contributed by atoms with Gasteiger partial charge >= 0.3 is 0 Å². The van der Waals surface area contributed by atoms with Gasteiger partial charge in [-0.05, 0) is 71.8 Å². The van der Waals surface area contributed by atoms with E-state index in [2.05, 4.69) is 21.1 Å². The van der Waals surface area contributed by atoms with Gasteiger partial charge in [-0.25, -0.2) is 5.43 Å². The average molecular weight is 434 g/mol. The van der Waals surface area contributed by atoms with Gasteiger partial charge < -0.3 is 19.7 Å². The van der Waals surface area contributed by atoms with Crippen molar-refractivity contribution in [3.63, 3.8) is 0 Å². The highest BCUT2D eigenvalue weighted by atomic mass is 16.5. The molecule has 3 aromatic carbocycles. The molecule has 164 valence electrons. The Labute approximate surface area is 184 Å². The molecule has 0 heterocycles. The molecule has 0 saturated heterocycles. The summed E-state index contributed by atoms with van der Waals surface area (Å²) in [5.41, 5.74) is 7.65. The van der Waals surface area contributed by atoms with Crippen LogP contribution in [-0.2, 0) is 0 Å². The fourth-order valence-corrected chi connectivity index (χ4v) is 2.68. The smallest absolute Gasteiger partial charge is 0.271 e. The third kappa shape index (κ3) is 5.76. The molecule has 0 aliphatic rings. The number of hydrogen-bond donors (Lipinski definition) is 4. The first-order valence-electron chi connectivity index (χ1n) is 9.46. The lowest BCUT2D eigenvalue weighted by atomic mass is 10.2. The second kappa shape index (κ2) is 10.5. The van der Waals surface area contributed by atoms with E-state index in [4.69, 9.17) is 9.47 Å². The molecule has 0 bridgehead atoms. The molecule has 0 atom stereocenters. The Hall–Kier alpha value is -4.53. The Morgan fingerprint density at radius 2 is 1.34 bits per heavy atom. The lowest BCUT2D eigenvalue weighted by Gasteiger charge is -2.04. The molecule has 0 radical (unpaired) electrons. The molecule has 3 rings (SSSR count). The van der Waals surface area contributed by atoms with Gasteiger partial charge in [0.15, 0.2) is 23.0 Å². The number of carbonyl (C=O) groups is 1. The summed E-state index contributed by atoms with van der Waals surface area (Å²) in [5.74, 6) is 0.361. The molecular weight excluding hydrogens is 412 g/mol. The molecule has 0 fully saturated rings. The molecule has 0 aliphatic carbocycles. The Morgan fingerprint density at radius 1 is 0.812 bits per heavy atom. The molecular formula is C23H22N4O5. The van der Waals surface area contributed by atoms with E-state index in [1.54, 1.807) is 54.7 Å². The van der Waals surface area contributed by atoms with E-state index in [-0.39, 0.29) is 17.4 Å². The minimum Gasteiger partial charge on any atom is -0.504 e. The molecule has 0 unspecified atom stereocenters. The number of aromatic hydroxyl groups is 2. The van der Waals surface area contributed by atoms with E-state index in [1.807, 2.05) is 0 Å². The largest absolute Gasteiger partial charge is 0.504 e. The fraction of sp³-hybridized carbons (Fsp3) is 0.0870. The number of rotatable bonds is 8. The maximum Gasteiger partial charge on any atom is 0.271 e. The van der Waals surface area contributed by atoms with E-state index < -0.39 is 0 Å². The molecule has 0 saturated carbocycles. The second-order valence-electron chi connectivity index (χ2n) is 6.51. The van der Waals surface area contributed by atoms with Gasteiger partial charge in [0.05, 0.1) is 32.3 Å². The number of nitrogens with zero attached hydrogens (tertiary/aromatic N) is 2. The van der Waals surface area contributed by atoms with Crippen LogP contribution in [0, 0.1) is 0 Å². The predicted molar refractivity (Wildman–Crippen MR) is 122 cm³/mol. The van der Waals surface area contributed by atoms with Gasteiger partial charge in [0.2, 0.25) is 0 Å². The van der Waals surface area contributed by atoms with Crippen LogP contribution in [-0.4, -0.2) is 42.8 Å². The number of benzene rings is 3. The van der Waals surface area contributed by atoms with Crippen molar-refractivity contribution in [3.8, 4) is 23.0 Å². The van der Waals surface area contributed by atoms with Gasteiger partial charge in [0.25, 0.3) is 5.91 Å². The summed E-state index contributed by atoms with van der Waals surface area (Å²) in [4.78, 5) is 12.2. The van der Waals surface area contributed by atoms with E-state index in [0.717, 1.165) is 0 Å². The number of ether oxygens (including phenoxy) is 2. The molecule has 9 heteroatoms. The van der Waals surface area contributed by atoms with Crippen molar-refractivity contribution < 1.29 is 24.5 Å². The highest BCUT2D eigenvalue weighted by Gasteiger charge is 2.05. The number of amides is 1. The number of phenols is 2. The number of hydrogen-bond acceptors (Lipinski definition) is 8. The van der Waals surface area contributed by atoms with Crippen molar-refractivity contribution in [2.75, 3.05) is 19.6 Å². The lowest BCUT2D eigenvalue weighted by molar-refractivity contribution is 0.0955. The summed E-state index contributed by atoms with van der Waals surface area (Å²) in [6, 6.07) is 16.4. The number of phenolic OH excluding ortho intramolecular Hbond substituents is 2. The number of hydrazone groups is 2. The van der Waals surface area contributed by atoms with Crippen molar-refractivity contribution in [2.24, 2.45) is 10.2 Å². The zero-order valence-electron chi connectivity index (χ0n) is 17.4. The zero-order chi connectivity index (χ0) is 22.9. The standard InChI is InChI=1S/C23H22N4O5/c1-31-21-9-3-15(11-19(21)28)13-24-26-18-7-5-17(6-8-18)23(30)27-25-14-16-4-10-22(32-2)20(29)12-16/h3-14,26,28-29H,1-2H3,(H,27,30)/b24-13+,25-14+. The summed E-state index contributed by atoms with van der Waals surface area (Å²) < 4.78 is 9.98. The SMILES string of the molecule is COc1ccc(/C=N/NC(=O)c2ccc(N/N=C/c3ccc(OC)c(O)c3)cc2)cc1O. The Bertz CT molecular complexity index is 1140. The summed E-state index contributed by atoms with van der Waals surface area (Å²) in [6.07, 6.45) is 2.96. The molecule has 1 amide bonds. The molecule has 9 nitrogen and oxygen atoms in total. The molecule has 4 N–H and O–H groups in total. The van der Waals surface area contributed by atoms with Gasteiger partial charge in [0, 0.05) is 5.56 Å². The van der Waals surface area contributed by atoms with Crippen LogP contribution in [0.2, 0.25) is 0 Å². The van der Waals surface area contributed by atoms with Crippen molar-refractivity contribution >= 4 is 24.0 Å². The maximum atomic E-state index is 12.2. The number of carbonyl (C=O) groups excluding carboxylic acids is 1. The summed E-state index contributed by atoms with van der Waals surface area (Å²) in [6.45, 7) is 0. The fourth-order valence-electron chi connectivity index (χ4n) is 2.68. The molecule has 0 spiro atoms. The molecule has 32 heavy (non-hydrogen) atoms. The van der Waals surface area contributed by atoms with Gasteiger partial charge in [-0.15, -0.1) is 0 Å². The quantitative estimate of drug-likeness (QED) is 0.318. The van der Waals surface area contributed by atoms with Crippen LogP contribution in [0.25, 0.3) is 0 Å². The topological polar surface area (TPSA) is 125 Å². The first-order valence-corrected chi connectivity index (χ1v) is 9.46. The van der Waals surface area contributed by atoms with E-state index in [9.17, 15) is 15.0 Å². The van der Waals surface area contributed by atoms with Crippen molar-refractivity contribution in [2.45, 2.75) is 0 Å². The van der Waals surface area contributed by atoms with Crippen LogP contribution in [0.15, 0.2) is 70.9 Å². The molecule has 3 aromatic rings. The molecule has 0 aliphatic heterocycles. The summed E-state index contributed by atoms with van der Waals surface area (Å²) in [7, 11) is 2.94. The van der Waals surface area contributed by atoms with Crippen LogP contribution in [0.3, 0.4) is 0 Å². The van der Waals surface area contributed by atoms with Crippen molar-refractivity contribution in [1.29, 1.82) is 0 Å². The highest BCUT2D eigenvalue weighted by Crippen LogP contribution is 2.26. The first kappa shape index (κ1) is 22.2. The third-order valence-electron chi connectivity index (χ3n) is 4.34. The number of nitrogens with one attached hydrogen (secondary N) is 2. The maximum absolute atomic E-state index is 12.2. The number of methoxy groups -OCH3 is 2. The summed E-state index contributed by atoms with van der Waals surface area (Å²) in [5, 5.41) is 27.5. The van der Waals surface area contributed by atoms with Crippen LogP contribution >= 0.6 is 0 Å². The normalized spacial score (nSPS) is 10.9. The van der Waals surface area contributed by atoms with Crippen LogP contribution in [0.5, 0.6) is 23.0 Å². The van der Waals surface area contributed by atoms with Crippen molar-refractivity contribution in [1.82, 2.24) is 5.43 Å². The minimum atomic E-state index is -0.386. The third-order valence-corrected chi connectivity index (χ3v) is 4.34. The Balaban J connectivity index is 1.53. The molecule has 0 aromatic heterocycles. The van der Waals surface area contributed by atoms with Gasteiger partial charge in [0.1, 0.15) is 0 Å². The van der Waals surface area contributed by atoms with E-state index in [0.29, 0.717) is 33.9 Å². The Morgan fingerprint density at radius 3 is 1.84 bits per heavy atom. The van der Waals surface area contributed by atoms with Gasteiger partial charge in [-0.3, -0.25) is 10.2 Å². The second-order valence-corrected chi connectivity index (χ2v) is 6.51. The van der Waals surface area contributed by atoms with Crippen molar-refractivity contribution in [3.05, 3.63) is 77.4 Å². The monoisotopic (exact) mass is 434 g/mol. The summed E-state index contributed by atoms with van der Waals surface area (Å²) >= 11 is 0. The van der Waals surface area contributed by atoms with Gasteiger partial charge in [-0.1, -0.05) is 0 Å². The predicted octanol–water partition coefficient (Wildman–Crippen LogP) is 3.32. The highest BCUT2D eigenvalue weighted by molar-refractivity contribution is 5.95. The zero-order valence-corrected chi connectivity index (χ0v) is 17.4.